The number of nitrogens with two attached hydrogens (primary N) is 1. The summed E-state index contributed by atoms with van der Waals surface area (Å²) in [5, 5.41) is 12.5. The minimum atomic E-state index is -1.05. The van der Waals surface area contributed by atoms with Crippen LogP contribution in [0.25, 0.3) is 11.1 Å². The Bertz CT molecular complexity index is 1020. The molecule has 0 radical (unpaired) electrons. The summed E-state index contributed by atoms with van der Waals surface area (Å²) in [7, 11) is 0. The Hall–Kier alpha value is -3.39. The van der Waals surface area contributed by atoms with Crippen LogP contribution in [0.1, 0.15) is 30.1 Å². The maximum atomic E-state index is 12.9. The number of hydrogen-bond donors (Lipinski definition) is 3. The highest BCUT2D eigenvalue weighted by Gasteiger charge is 2.41. The highest BCUT2D eigenvalue weighted by Crippen LogP contribution is 2.42. The van der Waals surface area contributed by atoms with E-state index in [4.69, 9.17) is 5.73 Å². The number of nitrogens with zero attached hydrogens (tertiary/aromatic N) is 2. The molecule has 4 N–H and O–H groups in total. The van der Waals surface area contributed by atoms with Gasteiger partial charge in [0.15, 0.2) is 0 Å². The standard InChI is InChI=1S/C23H26N4O4/c1-14-13-26(23(30)31)20-12-18(8-9-19(20)27(14)22(29)17-6-7-17)15-2-4-16(5-3-15)21(28)25-11-10-24/h2-5,8-9,12,14,17H,6-7,10-11,13,24H2,1H3,(H,25,28)(H,30,31)/t14-/m0/s1. The fourth-order valence-electron chi connectivity index (χ4n) is 3.95. The van der Waals surface area contributed by atoms with Gasteiger partial charge in [-0.05, 0) is 55.2 Å². The molecule has 8 nitrogen and oxygen atoms in total. The summed E-state index contributed by atoms with van der Waals surface area (Å²) >= 11 is 0. The molecular formula is C23H26N4O4. The summed E-state index contributed by atoms with van der Waals surface area (Å²) in [6.45, 7) is 2.88. The molecule has 31 heavy (non-hydrogen) atoms. The zero-order chi connectivity index (χ0) is 22.1. The van der Waals surface area contributed by atoms with Gasteiger partial charge in [-0.15, -0.1) is 0 Å². The molecule has 1 saturated carbocycles. The monoisotopic (exact) mass is 422 g/mol. The van der Waals surface area contributed by atoms with Crippen LogP contribution in [0, 0.1) is 5.92 Å². The molecular weight excluding hydrogens is 396 g/mol. The van der Waals surface area contributed by atoms with Crippen LogP contribution >= 0.6 is 0 Å². The molecule has 2 aromatic carbocycles. The first-order chi connectivity index (χ1) is 14.9. The molecule has 4 rings (SSSR count). The van der Waals surface area contributed by atoms with Gasteiger partial charge in [0.2, 0.25) is 5.91 Å². The van der Waals surface area contributed by atoms with E-state index in [2.05, 4.69) is 5.32 Å². The molecule has 3 amide bonds. The number of carbonyl (C=O) groups is 3. The number of carbonyl (C=O) groups excluding carboxylic acids is 2. The first-order valence-corrected chi connectivity index (χ1v) is 10.5. The van der Waals surface area contributed by atoms with E-state index in [0.29, 0.717) is 30.0 Å². The number of anilines is 2. The topological polar surface area (TPSA) is 116 Å². The Balaban J connectivity index is 1.67. The van der Waals surface area contributed by atoms with Gasteiger partial charge < -0.3 is 21.1 Å². The maximum absolute atomic E-state index is 12.9. The Morgan fingerprint density at radius 3 is 2.35 bits per heavy atom. The minimum Gasteiger partial charge on any atom is -0.465 e. The fraction of sp³-hybridized carbons (Fsp3) is 0.348. The van der Waals surface area contributed by atoms with Crippen LogP contribution in [0.15, 0.2) is 42.5 Å². The number of nitrogens with one attached hydrogen (secondary N) is 1. The predicted octanol–water partition coefficient (Wildman–Crippen LogP) is 2.67. The Labute approximate surface area is 180 Å². The average Bonchev–Trinajstić information content (AvgIpc) is 3.62. The summed E-state index contributed by atoms with van der Waals surface area (Å²) in [5.74, 6) is -0.0774. The SMILES string of the molecule is C[C@H]1CN(C(=O)O)c2cc(-c3ccc(C(=O)NCCN)cc3)ccc2N1C(=O)C1CC1. The second-order valence-electron chi connectivity index (χ2n) is 8.05. The summed E-state index contributed by atoms with van der Waals surface area (Å²) in [4.78, 5) is 39.9. The molecule has 0 bridgehead atoms. The number of benzene rings is 2. The van der Waals surface area contributed by atoms with Crippen molar-refractivity contribution in [3.63, 3.8) is 0 Å². The number of amides is 3. The largest absolute Gasteiger partial charge is 0.465 e. The van der Waals surface area contributed by atoms with Crippen LogP contribution in [0.4, 0.5) is 16.2 Å². The lowest BCUT2D eigenvalue weighted by Gasteiger charge is -2.40. The summed E-state index contributed by atoms with van der Waals surface area (Å²) in [6.07, 6.45) is 0.739. The van der Waals surface area contributed by atoms with Gasteiger partial charge in [0, 0.05) is 31.1 Å². The molecule has 0 spiro atoms. The van der Waals surface area contributed by atoms with Crippen molar-refractivity contribution in [1.29, 1.82) is 0 Å². The highest BCUT2D eigenvalue weighted by atomic mass is 16.4. The van der Waals surface area contributed by atoms with Crippen molar-refractivity contribution in [2.24, 2.45) is 11.7 Å². The third-order valence-corrected chi connectivity index (χ3v) is 5.72. The lowest BCUT2D eigenvalue weighted by Crippen LogP contribution is -2.52. The molecule has 8 heteroatoms. The van der Waals surface area contributed by atoms with E-state index in [1.807, 2.05) is 31.2 Å². The second-order valence-corrected chi connectivity index (χ2v) is 8.05. The van der Waals surface area contributed by atoms with Crippen LogP contribution < -0.4 is 20.9 Å². The van der Waals surface area contributed by atoms with Crippen molar-refractivity contribution < 1.29 is 19.5 Å². The van der Waals surface area contributed by atoms with Crippen LogP contribution in [0.5, 0.6) is 0 Å². The van der Waals surface area contributed by atoms with Crippen molar-refractivity contribution >= 4 is 29.3 Å². The molecule has 1 aliphatic carbocycles. The molecule has 1 aliphatic heterocycles. The third-order valence-electron chi connectivity index (χ3n) is 5.72. The van der Waals surface area contributed by atoms with E-state index >= 15 is 0 Å². The molecule has 1 fully saturated rings. The molecule has 2 aromatic rings. The molecule has 0 aromatic heterocycles. The third kappa shape index (κ3) is 4.11. The number of hydrogen-bond acceptors (Lipinski definition) is 4. The van der Waals surface area contributed by atoms with Gasteiger partial charge in [0.05, 0.1) is 17.4 Å². The predicted molar refractivity (Wildman–Crippen MR) is 118 cm³/mol. The average molecular weight is 422 g/mol. The molecule has 0 unspecified atom stereocenters. The first kappa shape index (κ1) is 20.9. The van der Waals surface area contributed by atoms with Gasteiger partial charge in [-0.3, -0.25) is 14.5 Å². The molecule has 0 saturated heterocycles. The van der Waals surface area contributed by atoms with Gasteiger partial charge in [-0.1, -0.05) is 18.2 Å². The van der Waals surface area contributed by atoms with E-state index < -0.39 is 6.09 Å². The summed E-state index contributed by atoms with van der Waals surface area (Å²) in [6, 6.07) is 12.4. The molecule has 162 valence electrons. The van der Waals surface area contributed by atoms with Crippen molar-refractivity contribution in [2.45, 2.75) is 25.8 Å². The van der Waals surface area contributed by atoms with Gasteiger partial charge in [0.1, 0.15) is 0 Å². The van der Waals surface area contributed by atoms with Crippen molar-refractivity contribution in [3.8, 4) is 11.1 Å². The van der Waals surface area contributed by atoms with Gasteiger partial charge in [0.25, 0.3) is 5.91 Å². The quantitative estimate of drug-likeness (QED) is 0.685. The zero-order valence-corrected chi connectivity index (χ0v) is 17.4. The van der Waals surface area contributed by atoms with Crippen LogP contribution in [-0.2, 0) is 4.79 Å². The Morgan fingerprint density at radius 1 is 1.06 bits per heavy atom. The van der Waals surface area contributed by atoms with Gasteiger partial charge in [-0.2, -0.15) is 0 Å². The van der Waals surface area contributed by atoms with Crippen LogP contribution in [0.2, 0.25) is 0 Å². The van der Waals surface area contributed by atoms with Crippen molar-refractivity contribution in [3.05, 3.63) is 48.0 Å². The Kier molecular flexibility index (Phi) is 5.65. The van der Waals surface area contributed by atoms with E-state index in [1.165, 1.54) is 4.90 Å². The minimum absolute atomic E-state index is 0.0457. The molecule has 1 heterocycles. The summed E-state index contributed by atoms with van der Waals surface area (Å²) < 4.78 is 0. The fourth-order valence-corrected chi connectivity index (χ4v) is 3.95. The Morgan fingerprint density at radius 2 is 1.74 bits per heavy atom. The van der Waals surface area contributed by atoms with E-state index in [9.17, 15) is 19.5 Å². The number of carboxylic acid groups (broad SMARTS) is 1. The second kappa shape index (κ2) is 8.39. The van der Waals surface area contributed by atoms with Crippen molar-refractivity contribution in [1.82, 2.24) is 5.32 Å². The van der Waals surface area contributed by atoms with E-state index in [1.54, 1.807) is 23.1 Å². The van der Waals surface area contributed by atoms with Crippen LogP contribution in [-0.4, -0.2) is 48.7 Å². The van der Waals surface area contributed by atoms with Crippen LogP contribution in [0.3, 0.4) is 0 Å². The molecule has 2 aliphatic rings. The smallest absolute Gasteiger partial charge is 0.411 e. The van der Waals surface area contributed by atoms with E-state index in [-0.39, 0.29) is 30.3 Å². The number of rotatable bonds is 5. The maximum Gasteiger partial charge on any atom is 0.411 e. The highest BCUT2D eigenvalue weighted by molar-refractivity contribution is 6.05. The van der Waals surface area contributed by atoms with Gasteiger partial charge in [-0.25, -0.2) is 4.79 Å². The van der Waals surface area contributed by atoms with Crippen molar-refractivity contribution in [2.75, 3.05) is 29.4 Å². The number of fused-ring (bicyclic) bond motifs is 1. The van der Waals surface area contributed by atoms with E-state index in [0.717, 1.165) is 24.0 Å². The summed E-state index contributed by atoms with van der Waals surface area (Å²) in [5.41, 5.74) is 8.73. The lowest BCUT2D eigenvalue weighted by atomic mass is 9.99. The normalized spacial score (nSPS) is 17.8. The zero-order valence-electron chi connectivity index (χ0n) is 17.4. The van der Waals surface area contributed by atoms with Gasteiger partial charge >= 0.3 is 6.09 Å². The first-order valence-electron chi connectivity index (χ1n) is 10.5. The molecule has 1 atom stereocenters. The lowest BCUT2D eigenvalue weighted by molar-refractivity contribution is -0.120.